The number of aliphatic imine (C=N–C) groups is 1. The Bertz CT molecular complexity index is 607. The molecule has 7 heteroatoms. The van der Waals surface area contributed by atoms with Crippen molar-refractivity contribution in [3.63, 3.8) is 0 Å². The minimum atomic E-state index is 0. The third-order valence-corrected chi connectivity index (χ3v) is 2.14. The van der Waals surface area contributed by atoms with Crippen molar-refractivity contribution in [3.8, 4) is 0 Å². The van der Waals surface area contributed by atoms with Crippen LogP contribution in [-0.2, 0) is 104 Å². The van der Waals surface area contributed by atoms with Crippen molar-refractivity contribution in [3.05, 3.63) is 77.0 Å². The molecule has 0 amide bonds. The summed E-state index contributed by atoms with van der Waals surface area (Å²) in [5.74, 6) is 0. The van der Waals surface area contributed by atoms with Crippen LogP contribution in [0, 0.1) is 6.08 Å². The standard InChI is InChI=1S/C16H18N3.2Y.2Zn/c1-12(17)6-4-7-15-8-5-9-16(11-15)19-14(3)10-13(2)18;;;;/h4-6,8-11,17-18H,1-3H3;;;;/q-3;;;;+2/b12-6-,13-10-,19-14?;;;;/i/hD2. The third-order valence-electron chi connectivity index (χ3n) is 2.14. The molecule has 23 heavy (non-hydrogen) atoms. The fourth-order valence-corrected chi connectivity index (χ4v) is 1.46. The van der Waals surface area contributed by atoms with Gasteiger partial charge in [-0.3, -0.25) is 4.99 Å². The van der Waals surface area contributed by atoms with Crippen molar-refractivity contribution < 1.29 is 107 Å². The normalized spacial score (nSPS) is 12.6. The Morgan fingerprint density at radius 1 is 1.17 bits per heavy atom. The van der Waals surface area contributed by atoms with E-state index in [0.717, 1.165) is 17.0 Å². The van der Waals surface area contributed by atoms with E-state index in [0.29, 0.717) is 11.4 Å². The molecule has 1 aromatic rings. The van der Waals surface area contributed by atoms with E-state index >= 15 is 0 Å². The first-order valence-corrected chi connectivity index (χ1v) is 5.95. The molecule has 108 valence electrons. The van der Waals surface area contributed by atoms with Gasteiger partial charge in [-0.1, -0.05) is 26.0 Å². The summed E-state index contributed by atoms with van der Waals surface area (Å²) < 4.78 is 13.7. The molecule has 0 aliphatic rings. The minimum absolute atomic E-state index is 0. The number of nitrogens with zero attached hydrogens (tertiary/aromatic N) is 1. The Labute approximate surface area is 218 Å². The molecular weight excluding hydrogens is 543 g/mol. The zero-order chi connectivity index (χ0) is 15.7. The van der Waals surface area contributed by atoms with E-state index in [4.69, 9.17) is 2.82 Å². The number of benzene rings is 1. The van der Waals surface area contributed by atoms with Crippen LogP contribution in [0.25, 0.3) is 11.5 Å². The Morgan fingerprint density at radius 3 is 2.43 bits per heavy atom. The zero-order valence-corrected chi connectivity index (χ0v) is 25.6. The van der Waals surface area contributed by atoms with Crippen LogP contribution in [-0.4, -0.2) is 5.71 Å². The quantitative estimate of drug-likeness (QED) is 0.193. The molecule has 0 heterocycles. The van der Waals surface area contributed by atoms with E-state index in [2.05, 4.69) is 22.5 Å². The van der Waals surface area contributed by atoms with Gasteiger partial charge in [-0.05, 0) is 6.92 Å². The molecule has 0 saturated heterocycles. The monoisotopic (exact) mass is 560 g/mol. The molecule has 0 aromatic heterocycles. The SMILES string of the molecule is [2H][N-]/C(C)=C\C=[C-]c1cccc(N=C(C)/C=C(/C)[N-][2H])c1.[Y].[Y].[Zn+2].[Zn]. The summed E-state index contributed by atoms with van der Waals surface area (Å²) in [7, 11) is 0. The molecule has 0 bridgehead atoms. The van der Waals surface area contributed by atoms with Gasteiger partial charge < -0.3 is 11.5 Å². The van der Waals surface area contributed by atoms with Crippen LogP contribution in [0.5, 0.6) is 0 Å². The van der Waals surface area contributed by atoms with Gasteiger partial charge in [-0.15, -0.1) is 38.7 Å². The van der Waals surface area contributed by atoms with Gasteiger partial charge in [0.2, 0.25) is 0 Å². The second kappa shape index (κ2) is 18.0. The molecule has 0 spiro atoms. The topological polar surface area (TPSA) is 60.0 Å². The Morgan fingerprint density at radius 2 is 1.83 bits per heavy atom. The van der Waals surface area contributed by atoms with Crippen LogP contribution in [0.1, 0.15) is 26.3 Å². The maximum absolute atomic E-state index is 6.90. The van der Waals surface area contributed by atoms with Gasteiger partial charge in [0.25, 0.3) is 0 Å². The van der Waals surface area contributed by atoms with E-state index in [9.17, 15) is 0 Å². The van der Waals surface area contributed by atoms with Gasteiger partial charge in [0.05, 0.1) is 0 Å². The van der Waals surface area contributed by atoms with Gasteiger partial charge in [0.1, 0.15) is 0 Å². The molecule has 0 unspecified atom stereocenters. The van der Waals surface area contributed by atoms with Crippen LogP contribution in [0.2, 0.25) is 2.82 Å². The van der Waals surface area contributed by atoms with Gasteiger partial charge in [-0.25, -0.2) is 5.70 Å². The molecule has 2 N–H and O–H groups in total. The molecule has 0 aliphatic carbocycles. The Hall–Kier alpha value is 1.16. The predicted octanol–water partition coefficient (Wildman–Crippen LogP) is 5.39. The number of allylic oxidation sites excluding steroid dienone is 5. The second-order valence-electron chi connectivity index (χ2n) is 4.21. The summed E-state index contributed by atoms with van der Waals surface area (Å²) in [6.45, 7) is 5.37. The van der Waals surface area contributed by atoms with Crippen LogP contribution in [0.15, 0.2) is 58.9 Å². The molecule has 0 atom stereocenters. The number of hydrogen-bond acceptors (Lipinski definition) is 1. The van der Waals surface area contributed by atoms with Crippen molar-refractivity contribution >= 4 is 11.4 Å². The second-order valence-corrected chi connectivity index (χ2v) is 4.21. The molecular formula is C16H18N3Y2Zn2-. The van der Waals surface area contributed by atoms with Gasteiger partial charge in [0.15, 0.2) is 0 Å². The average Bonchev–Trinajstić information content (AvgIpc) is 2.47. The van der Waals surface area contributed by atoms with E-state index in [-0.39, 0.29) is 104 Å². The maximum atomic E-state index is 6.90. The van der Waals surface area contributed by atoms with Crippen LogP contribution < -0.4 is 0 Å². The third kappa shape index (κ3) is 16.4. The predicted molar refractivity (Wildman–Crippen MR) is 82.3 cm³/mol. The zero-order valence-electron chi connectivity index (χ0n) is 16.0. The molecule has 1 aromatic carbocycles. The van der Waals surface area contributed by atoms with Crippen molar-refractivity contribution in [2.75, 3.05) is 0 Å². The molecule has 2 radical (unpaired) electrons. The van der Waals surface area contributed by atoms with E-state index in [1.807, 2.05) is 31.2 Å². The van der Waals surface area contributed by atoms with Crippen LogP contribution in [0.3, 0.4) is 0 Å². The summed E-state index contributed by atoms with van der Waals surface area (Å²) in [6, 6.07) is 7.63. The first kappa shape index (κ1) is 26.4. The first-order chi connectivity index (χ1) is 10.0. The maximum Gasteiger partial charge on any atom is 2.00 e. The largest absolute Gasteiger partial charge is 2.00 e. The Kier molecular flexibility index (Phi) is 20.6. The van der Waals surface area contributed by atoms with Crippen LogP contribution in [0.4, 0.5) is 5.69 Å². The van der Waals surface area contributed by atoms with E-state index in [1.165, 1.54) is 0 Å². The number of hydrogen-bond donors (Lipinski definition) is 0. The molecule has 3 nitrogen and oxygen atoms in total. The number of nitrogens with one attached hydrogen (secondary N) is 2. The smallest absolute Gasteiger partial charge is 0.710 e. The molecule has 0 saturated carbocycles. The van der Waals surface area contributed by atoms with Gasteiger partial charge in [-0.2, -0.15) is 11.8 Å². The Balaban J connectivity index is -0.000000551. The molecule has 0 aliphatic heterocycles. The van der Waals surface area contributed by atoms with Gasteiger partial charge in [0, 0.05) is 96.3 Å². The fraction of sp³-hybridized carbons (Fsp3) is 0.188. The van der Waals surface area contributed by atoms with E-state index < -0.39 is 0 Å². The van der Waals surface area contributed by atoms with Crippen molar-refractivity contribution in [1.29, 1.82) is 0 Å². The molecule has 1 rings (SSSR count). The van der Waals surface area contributed by atoms with Crippen molar-refractivity contribution in [2.24, 2.45) is 4.99 Å². The van der Waals surface area contributed by atoms with Gasteiger partial charge >= 0.3 is 19.5 Å². The first-order valence-electron chi connectivity index (χ1n) is 6.85. The molecule has 0 fully saturated rings. The minimum Gasteiger partial charge on any atom is -0.710 e. The fourth-order valence-electron chi connectivity index (χ4n) is 1.46. The van der Waals surface area contributed by atoms with Crippen LogP contribution >= 0.6 is 0 Å². The summed E-state index contributed by atoms with van der Waals surface area (Å²) in [5.41, 5.74) is 10.4. The van der Waals surface area contributed by atoms with Crippen molar-refractivity contribution in [1.82, 2.24) is 0 Å². The van der Waals surface area contributed by atoms with Crippen molar-refractivity contribution in [2.45, 2.75) is 20.8 Å². The average molecular weight is 563 g/mol. The van der Waals surface area contributed by atoms with E-state index in [1.54, 1.807) is 32.1 Å². The summed E-state index contributed by atoms with van der Waals surface area (Å²) in [6.07, 6.45) is 8.30. The number of rotatable bonds is 6. The summed E-state index contributed by atoms with van der Waals surface area (Å²) in [5, 5.41) is 0. The summed E-state index contributed by atoms with van der Waals surface area (Å²) in [4.78, 5) is 4.45. The summed E-state index contributed by atoms with van der Waals surface area (Å²) >= 11 is 0.